The van der Waals surface area contributed by atoms with E-state index in [4.69, 9.17) is 9.47 Å². The van der Waals surface area contributed by atoms with Crippen LogP contribution in [0.4, 0.5) is 4.39 Å². The van der Waals surface area contributed by atoms with Crippen molar-refractivity contribution in [1.29, 1.82) is 0 Å². The fraction of sp³-hybridized carbons (Fsp3) is 0.500. The molecule has 0 saturated heterocycles. The number of halogens is 2. The molecule has 1 atom stereocenters. The van der Waals surface area contributed by atoms with Crippen molar-refractivity contribution >= 4 is 15.9 Å². The van der Waals surface area contributed by atoms with Crippen molar-refractivity contribution in [2.45, 2.75) is 12.6 Å². The highest BCUT2D eigenvalue weighted by atomic mass is 79.9. The Morgan fingerprint density at radius 3 is 2.76 bits per heavy atom. The first-order valence-electron chi connectivity index (χ1n) is 5.33. The number of hydrogen-bond acceptors (Lipinski definition) is 3. The van der Waals surface area contributed by atoms with Gasteiger partial charge in [0.2, 0.25) is 0 Å². The van der Waals surface area contributed by atoms with Crippen molar-refractivity contribution in [3.05, 3.63) is 34.1 Å². The molecule has 0 aliphatic carbocycles. The molecule has 0 aromatic heterocycles. The first-order chi connectivity index (χ1) is 8.17. The standard InChI is InChI=1S/C12H17BrFNO2/c1-16-8-11(17-2)7-15-6-9-3-4-10(13)5-12(9)14/h3-5,11,15H,6-8H2,1-2H3. The molecule has 0 aliphatic rings. The second-order valence-electron chi connectivity index (χ2n) is 3.68. The van der Waals surface area contributed by atoms with Gasteiger partial charge in [-0.1, -0.05) is 22.0 Å². The maximum atomic E-state index is 13.5. The summed E-state index contributed by atoms with van der Waals surface area (Å²) in [6.45, 7) is 1.62. The minimum Gasteiger partial charge on any atom is -0.382 e. The van der Waals surface area contributed by atoms with Crippen molar-refractivity contribution in [1.82, 2.24) is 5.32 Å². The van der Waals surface area contributed by atoms with Gasteiger partial charge in [-0.2, -0.15) is 0 Å². The second kappa shape index (κ2) is 7.76. The van der Waals surface area contributed by atoms with Crippen LogP contribution in [0.1, 0.15) is 5.56 Å². The molecular weight excluding hydrogens is 289 g/mol. The van der Waals surface area contributed by atoms with Gasteiger partial charge in [0.1, 0.15) is 5.82 Å². The van der Waals surface area contributed by atoms with Gasteiger partial charge in [0.25, 0.3) is 0 Å². The van der Waals surface area contributed by atoms with Crippen molar-refractivity contribution in [2.75, 3.05) is 27.4 Å². The quantitative estimate of drug-likeness (QED) is 0.839. The lowest BCUT2D eigenvalue weighted by Gasteiger charge is -2.15. The summed E-state index contributed by atoms with van der Waals surface area (Å²) in [7, 11) is 3.26. The average molecular weight is 306 g/mol. The third-order valence-electron chi connectivity index (χ3n) is 2.39. The fourth-order valence-corrected chi connectivity index (χ4v) is 1.76. The zero-order chi connectivity index (χ0) is 12.7. The summed E-state index contributed by atoms with van der Waals surface area (Å²) in [5.74, 6) is -0.215. The molecule has 0 fully saturated rings. The van der Waals surface area contributed by atoms with Gasteiger partial charge < -0.3 is 14.8 Å². The van der Waals surface area contributed by atoms with Crippen molar-refractivity contribution in [3.8, 4) is 0 Å². The SMILES string of the molecule is COCC(CNCc1ccc(Br)cc1F)OC. The Labute approximate surface area is 109 Å². The monoisotopic (exact) mass is 305 g/mol. The molecule has 0 spiro atoms. The molecule has 0 saturated carbocycles. The molecule has 0 bridgehead atoms. The largest absolute Gasteiger partial charge is 0.382 e. The predicted molar refractivity (Wildman–Crippen MR) is 68.5 cm³/mol. The second-order valence-corrected chi connectivity index (χ2v) is 4.60. The highest BCUT2D eigenvalue weighted by Crippen LogP contribution is 2.14. The number of methoxy groups -OCH3 is 2. The first-order valence-corrected chi connectivity index (χ1v) is 6.13. The smallest absolute Gasteiger partial charge is 0.128 e. The lowest BCUT2D eigenvalue weighted by molar-refractivity contribution is 0.0287. The van der Waals surface area contributed by atoms with E-state index in [1.54, 1.807) is 20.3 Å². The van der Waals surface area contributed by atoms with Crippen LogP contribution in [0.25, 0.3) is 0 Å². The van der Waals surface area contributed by atoms with Gasteiger partial charge in [-0.3, -0.25) is 0 Å². The maximum absolute atomic E-state index is 13.5. The van der Waals surface area contributed by atoms with Gasteiger partial charge in [0.15, 0.2) is 0 Å². The van der Waals surface area contributed by atoms with Crippen molar-refractivity contribution < 1.29 is 13.9 Å². The highest BCUT2D eigenvalue weighted by molar-refractivity contribution is 9.10. The minimum atomic E-state index is -0.215. The molecule has 0 radical (unpaired) electrons. The Morgan fingerprint density at radius 1 is 1.41 bits per heavy atom. The number of benzene rings is 1. The van der Waals surface area contributed by atoms with E-state index in [-0.39, 0.29) is 11.9 Å². The van der Waals surface area contributed by atoms with E-state index in [2.05, 4.69) is 21.2 Å². The van der Waals surface area contributed by atoms with Crippen LogP contribution < -0.4 is 5.32 Å². The van der Waals surface area contributed by atoms with E-state index in [1.165, 1.54) is 6.07 Å². The molecule has 96 valence electrons. The summed E-state index contributed by atoms with van der Waals surface area (Å²) in [5.41, 5.74) is 0.639. The van der Waals surface area contributed by atoms with Crippen LogP contribution in [0.2, 0.25) is 0 Å². The molecule has 1 unspecified atom stereocenters. The molecular formula is C12H17BrFNO2. The molecule has 1 aromatic rings. The van der Waals surface area contributed by atoms with Crippen LogP contribution in [-0.4, -0.2) is 33.5 Å². The molecule has 17 heavy (non-hydrogen) atoms. The first kappa shape index (κ1) is 14.6. The van der Waals surface area contributed by atoms with Gasteiger partial charge in [-0.05, 0) is 12.1 Å². The molecule has 5 heteroatoms. The van der Waals surface area contributed by atoms with Crippen LogP contribution >= 0.6 is 15.9 Å². The van der Waals surface area contributed by atoms with Gasteiger partial charge in [-0.15, -0.1) is 0 Å². The maximum Gasteiger partial charge on any atom is 0.128 e. The van der Waals surface area contributed by atoms with Crippen molar-refractivity contribution in [2.24, 2.45) is 0 Å². The molecule has 0 amide bonds. The van der Waals surface area contributed by atoms with Crippen LogP contribution in [0.5, 0.6) is 0 Å². The summed E-state index contributed by atoms with van der Waals surface area (Å²) in [6.07, 6.45) is -0.0153. The summed E-state index contributed by atoms with van der Waals surface area (Å²) in [4.78, 5) is 0. The van der Waals surface area contributed by atoms with Crippen LogP contribution in [-0.2, 0) is 16.0 Å². The Morgan fingerprint density at radius 2 is 2.18 bits per heavy atom. The fourth-order valence-electron chi connectivity index (χ4n) is 1.43. The lowest BCUT2D eigenvalue weighted by Crippen LogP contribution is -2.31. The molecule has 1 N–H and O–H groups in total. The topological polar surface area (TPSA) is 30.5 Å². The van der Waals surface area contributed by atoms with Crippen LogP contribution in [0, 0.1) is 5.82 Å². The number of ether oxygens (including phenoxy) is 2. The Balaban J connectivity index is 2.39. The predicted octanol–water partition coefficient (Wildman–Crippen LogP) is 2.34. The molecule has 3 nitrogen and oxygen atoms in total. The number of hydrogen-bond donors (Lipinski definition) is 1. The third kappa shape index (κ3) is 5.12. The zero-order valence-corrected chi connectivity index (χ0v) is 11.6. The van der Waals surface area contributed by atoms with E-state index in [1.807, 2.05) is 6.07 Å². The van der Waals surface area contributed by atoms with Gasteiger partial charge in [0, 0.05) is 37.3 Å². The summed E-state index contributed by atoms with van der Waals surface area (Å²) >= 11 is 3.22. The van der Waals surface area contributed by atoms with Gasteiger partial charge >= 0.3 is 0 Å². The third-order valence-corrected chi connectivity index (χ3v) is 2.88. The highest BCUT2D eigenvalue weighted by Gasteiger charge is 2.07. The van der Waals surface area contributed by atoms with Gasteiger partial charge in [-0.25, -0.2) is 4.39 Å². The van der Waals surface area contributed by atoms with E-state index in [0.29, 0.717) is 25.3 Å². The number of rotatable bonds is 7. The normalized spacial score (nSPS) is 12.7. The minimum absolute atomic E-state index is 0.0153. The Hall–Kier alpha value is -0.490. The molecule has 1 rings (SSSR count). The lowest BCUT2D eigenvalue weighted by atomic mass is 10.2. The van der Waals surface area contributed by atoms with Gasteiger partial charge in [0.05, 0.1) is 12.7 Å². The Kier molecular flexibility index (Phi) is 6.65. The zero-order valence-electron chi connectivity index (χ0n) is 10.0. The summed E-state index contributed by atoms with van der Waals surface area (Å²) in [6, 6.07) is 5.04. The number of nitrogens with one attached hydrogen (secondary N) is 1. The molecule has 0 aliphatic heterocycles. The van der Waals surface area contributed by atoms with Crippen LogP contribution in [0.3, 0.4) is 0 Å². The van der Waals surface area contributed by atoms with Crippen LogP contribution in [0.15, 0.2) is 22.7 Å². The van der Waals surface area contributed by atoms with E-state index < -0.39 is 0 Å². The summed E-state index contributed by atoms with van der Waals surface area (Å²) < 4.78 is 24.4. The Bertz CT molecular complexity index is 349. The van der Waals surface area contributed by atoms with Crippen molar-refractivity contribution in [3.63, 3.8) is 0 Å². The molecule has 1 aromatic carbocycles. The average Bonchev–Trinajstić information content (AvgIpc) is 2.30. The van der Waals surface area contributed by atoms with E-state index in [9.17, 15) is 4.39 Å². The summed E-state index contributed by atoms with van der Waals surface area (Å²) in [5, 5.41) is 3.14. The molecule has 0 heterocycles. The van der Waals surface area contributed by atoms with E-state index >= 15 is 0 Å². The van der Waals surface area contributed by atoms with E-state index in [0.717, 1.165) is 4.47 Å².